The van der Waals surface area contributed by atoms with Gasteiger partial charge in [0.25, 0.3) is 5.91 Å². The Bertz CT molecular complexity index is 746. The summed E-state index contributed by atoms with van der Waals surface area (Å²) < 4.78 is 0. The van der Waals surface area contributed by atoms with Crippen molar-refractivity contribution in [1.29, 1.82) is 0 Å². The molecule has 0 heterocycles. The summed E-state index contributed by atoms with van der Waals surface area (Å²) in [5, 5.41) is 3.41. The second-order valence-electron chi connectivity index (χ2n) is 6.29. The Hall–Kier alpha value is -2.24. The highest BCUT2D eigenvalue weighted by atomic mass is 35.5. The molecule has 0 aliphatic heterocycles. The van der Waals surface area contributed by atoms with Crippen LogP contribution in [0.4, 0.5) is 0 Å². The lowest BCUT2D eigenvalue weighted by molar-refractivity contribution is 0.0958. The number of rotatable bonds is 2. The van der Waals surface area contributed by atoms with Gasteiger partial charge in [0.15, 0.2) is 0 Å². The molecule has 0 spiro atoms. The van der Waals surface area contributed by atoms with E-state index in [-0.39, 0.29) is 17.9 Å². The molecule has 2 nitrogen and oxygen atoms in total. The van der Waals surface area contributed by atoms with Crippen LogP contribution in [0.25, 0.3) is 0 Å². The minimum absolute atomic E-state index is 0.0788. The van der Waals surface area contributed by atoms with E-state index in [2.05, 4.69) is 37.9 Å². The summed E-state index contributed by atoms with van der Waals surface area (Å²) in [6, 6.07) is 15.1. The van der Waals surface area contributed by atoms with Gasteiger partial charge in [-0.2, -0.15) is 0 Å². The first-order chi connectivity index (χ1) is 10.9. The molecule has 0 aliphatic carbocycles. The van der Waals surface area contributed by atoms with E-state index in [9.17, 15) is 4.79 Å². The topological polar surface area (TPSA) is 29.1 Å². The molecule has 0 aromatic heterocycles. The maximum Gasteiger partial charge on any atom is 0.252 e. The standard InChI is InChI=1S/C20H20ClNO/c1-20(2,3)17-12-10-16(11-13-17)19(23)22-14-6-8-15-7-4-5-9-18(15)21/h4-5,7,9-13H,14H2,1-3H3,(H,22,23). The Morgan fingerprint density at radius 2 is 1.74 bits per heavy atom. The average molecular weight is 326 g/mol. The lowest BCUT2D eigenvalue weighted by Gasteiger charge is -2.18. The van der Waals surface area contributed by atoms with Crippen molar-refractivity contribution in [2.24, 2.45) is 0 Å². The summed E-state index contributed by atoms with van der Waals surface area (Å²) >= 11 is 6.02. The van der Waals surface area contributed by atoms with Crippen LogP contribution in [0.2, 0.25) is 5.02 Å². The van der Waals surface area contributed by atoms with Crippen molar-refractivity contribution >= 4 is 17.5 Å². The molecule has 118 valence electrons. The molecular formula is C20H20ClNO. The van der Waals surface area contributed by atoms with E-state index in [1.54, 1.807) is 6.07 Å². The van der Waals surface area contributed by atoms with Gasteiger partial charge in [0, 0.05) is 11.1 Å². The molecule has 0 radical (unpaired) electrons. The molecule has 0 saturated heterocycles. The summed E-state index contributed by atoms with van der Waals surface area (Å²) in [6.07, 6.45) is 0. The van der Waals surface area contributed by atoms with Gasteiger partial charge in [0.2, 0.25) is 0 Å². The van der Waals surface area contributed by atoms with Crippen LogP contribution in [0.15, 0.2) is 48.5 Å². The highest BCUT2D eigenvalue weighted by Crippen LogP contribution is 2.22. The van der Waals surface area contributed by atoms with Gasteiger partial charge in [0.05, 0.1) is 11.6 Å². The van der Waals surface area contributed by atoms with E-state index < -0.39 is 0 Å². The Morgan fingerprint density at radius 3 is 2.35 bits per heavy atom. The van der Waals surface area contributed by atoms with Gasteiger partial charge in [-0.05, 0) is 35.2 Å². The van der Waals surface area contributed by atoms with E-state index in [0.29, 0.717) is 10.6 Å². The predicted molar refractivity (Wildman–Crippen MR) is 95.8 cm³/mol. The van der Waals surface area contributed by atoms with Crippen LogP contribution in [0.1, 0.15) is 42.3 Å². The predicted octanol–water partition coefficient (Wildman–Crippen LogP) is 4.42. The zero-order chi connectivity index (χ0) is 16.9. The number of amides is 1. The van der Waals surface area contributed by atoms with Crippen LogP contribution in [-0.2, 0) is 5.41 Å². The van der Waals surface area contributed by atoms with E-state index >= 15 is 0 Å². The third-order valence-electron chi connectivity index (χ3n) is 3.45. The van der Waals surface area contributed by atoms with Gasteiger partial charge in [-0.15, -0.1) is 0 Å². The normalized spacial score (nSPS) is 10.6. The van der Waals surface area contributed by atoms with Gasteiger partial charge in [-0.25, -0.2) is 0 Å². The fourth-order valence-electron chi connectivity index (χ4n) is 2.05. The lowest BCUT2D eigenvalue weighted by atomic mass is 9.87. The summed E-state index contributed by atoms with van der Waals surface area (Å²) in [5.41, 5.74) is 2.68. The third-order valence-corrected chi connectivity index (χ3v) is 3.78. The average Bonchev–Trinajstić information content (AvgIpc) is 2.52. The minimum atomic E-state index is -0.126. The molecule has 2 aromatic rings. The van der Waals surface area contributed by atoms with Crippen LogP contribution in [0, 0.1) is 11.8 Å². The van der Waals surface area contributed by atoms with Crippen LogP contribution < -0.4 is 5.32 Å². The first-order valence-electron chi connectivity index (χ1n) is 7.50. The summed E-state index contributed by atoms with van der Waals surface area (Å²) in [5.74, 6) is 5.74. The molecule has 0 fully saturated rings. The van der Waals surface area contributed by atoms with Gasteiger partial charge in [0.1, 0.15) is 0 Å². The SMILES string of the molecule is CC(C)(C)c1ccc(C(=O)NCC#Cc2ccccc2Cl)cc1. The lowest BCUT2D eigenvalue weighted by Crippen LogP contribution is -2.23. The van der Waals surface area contributed by atoms with Crippen molar-refractivity contribution in [3.05, 3.63) is 70.2 Å². The Kier molecular flexibility index (Phi) is 5.47. The van der Waals surface area contributed by atoms with E-state index in [4.69, 9.17) is 11.6 Å². The Labute approximate surface area is 142 Å². The molecule has 1 N–H and O–H groups in total. The zero-order valence-corrected chi connectivity index (χ0v) is 14.4. The quantitative estimate of drug-likeness (QED) is 0.814. The van der Waals surface area contributed by atoms with E-state index in [1.807, 2.05) is 42.5 Å². The van der Waals surface area contributed by atoms with Crippen molar-refractivity contribution in [2.75, 3.05) is 6.54 Å². The van der Waals surface area contributed by atoms with E-state index in [1.165, 1.54) is 5.56 Å². The first-order valence-corrected chi connectivity index (χ1v) is 7.88. The fraction of sp³-hybridized carbons (Fsp3) is 0.250. The largest absolute Gasteiger partial charge is 0.341 e. The van der Waals surface area contributed by atoms with Crippen molar-refractivity contribution in [3.63, 3.8) is 0 Å². The number of nitrogens with one attached hydrogen (secondary N) is 1. The fourth-order valence-corrected chi connectivity index (χ4v) is 2.23. The van der Waals surface area contributed by atoms with E-state index in [0.717, 1.165) is 5.56 Å². The van der Waals surface area contributed by atoms with Crippen molar-refractivity contribution in [1.82, 2.24) is 5.32 Å². The first kappa shape index (κ1) is 17.1. The molecule has 2 aromatic carbocycles. The highest BCUT2D eigenvalue weighted by Gasteiger charge is 2.13. The molecule has 23 heavy (non-hydrogen) atoms. The van der Waals surface area contributed by atoms with Crippen molar-refractivity contribution in [2.45, 2.75) is 26.2 Å². The molecule has 0 bridgehead atoms. The molecule has 1 amide bonds. The molecule has 0 saturated carbocycles. The summed E-state index contributed by atoms with van der Waals surface area (Å²) in [7, 11) is 0. The molecule has 0 unspecified atom stereocenters. The number of hydrogen-bond donors (Lipinski definition) is 1. The number of carbonyl (C=O) groups is 1. The molecule has 2 rings (SSSR count). The van der Waals surface area contributed by atoms with Gasteiger partial charge in [-0.3, -0.25) is 4.79 Å². The monoisotopic (exact) mass is 325 g/mol. The van der Waals surface area contributed by atoms with Crippen LogP contribution in [-0.4, -0.2) is 12.5 Å². The number of halogens is 1. The third kappa shape index (κ3) is 4.87. The number of hydrogen-bond acceptors (Lipinski definition) is 1. The van der Waals surface area contributed by atoms with Crippen LogP contribution >= 0.6 is 11.6 Å². The van der Waals surface area contributed by atoms with Gasteiger partial charge >= 0.3 is 0 Å². The number of benzene rings is 2. The van der Waals surface area contributed by atoms with Crippen LogP contribution in [0.5, 0.6) is 0 Å². The zero-order valence-electron chi connectivity index (χ0n) is 13.6. The molecule has 0 atom stereocenters. The second-order valence-corrected chi connectivity index (χ2v) is 6.70. The van der Waals surface area contributed by atoms with Gasteiger partial charge < -0.3 is 5.32 Å². The second kappa shape index (κ2) is 7.35. The smallest absolute Gasteiger partial charge is 0.252 e. The Morgan fingerprint density at radius 1 is 1.09 bits per heavy atom. The van der Waals surface area contributed by atoms with Crippen LogP contribution in [0.3, 0.4) is 0 Å². The number of carbonyl (C=O) groups excluding carboxylic acids is 1. The van der Waals surface area contributed by atoms with Gasteiger partial charge in [-0.1, -0.05) is 68.5 Å². The maximum absolute atomic E-state index is 12.1. The summed E-state index contributed by atoms with van der Waals surface area (Å²) in [6.45, 7) is 6.72. The van der Waals surface area contributed by atoms with Crippen molar-refractivity contribution < 1.29 is 4.79 Å². The highest BCUT2D eigenvalue weighted by molar-refractivity contribution is 6.31. The Balaban J connectivity index is 1.95. The minimum Gasteiger partial charge on any atom is -0.341 e. The molecule has 3 heteroatoms. The maximum atomic E-state index is 12.1. The molecule has 0 aliphatic rings. The molecular weight excluding hydrogens is 306 g/mol. The van der Waals surface area contributed by atoms with Crippen molar-refractivity contribution in [3.8, 4) is 11.8 Å². The summed E-state index contributed by atoms with van der Waals surface area (Å²) in [4.78, 5) is 12.1.